The average molecular weight is 293 g/mol. The summed E-state index contributed by atoms with van der Waals surface area (Å²) in [6, 6.07) is 14.0. The molecule has 0 spiro atoms. The molecule has 0 saturated carbocycles. The van der Waals surface area contributed by atoms with Gasteiger partial charge in [0.25, 0.3) is 0 Å². The fourth-order valence-electron chi connectivity index (χ4n) is 2.15. The standard InChI is InChI=1S/C19H19NO2/c1-14(11-12-15(2)22-3)20-19(21)13-17-9-6-8-16-7-4-5-10-18(16)17/h4-12H,1-2,13H2,3H3,(H,20,21)/b12-11-. The van der Waals surface area contributed by atoms with Gasteiger partial charge in [-0.1, -0.05) is 55.6 Å². The van der Waals surface area contributed by atoms with Crippen molar-refractivity contribution < 1.29 is 9.53 Å². The predicted octanol–water partition coefficient (Wildman–Crippen LogP) is 3.73. The number of hydrogen-bond acceptors (Lipinski definition) is 2. The van der Waals surface area contributed by atoms with Gasteiger partial charge in [0, 0.05) is 5.70 Å². The Morgan fingerprint density at radius 3 is 2.64 bits per heavy atom. The second-order valence-electron chi connectivity index (χ2n) is 4.89. The minimum absolute atomic E-state index is 0.103. The second-order valence-corrected chi connectivity index (χ2v) is 4.89. The summed E-state index contributed by atoms with van der Waals surface area (Å²) in [6.07, 6.45) is 3.62. The van der Waals surface area contributed by atoms with E-state index in [4.69, 9.17) is 4.74 Å². The fraction of sp³-hybridized carbons (Fsp3) is 0.105. The summed E-state index contributed by atoms with van der Waals surface area (Å²) < 4.78 is 4.91. The highest BCUT2D eigenvalue weighted by atomic mass is 16.5. The largest absolute Gasteiger partial charge is 0.497 e. The number of hydrogen-bond donors (Lipinski definition) is 1. The lowest BCUT2D eigenvalue weighted by molar-refractivity contribution is -0.119. The molecule has 0 bridgehead atoms. The molecule has 0 saturated heterocycles. The molecule has 0 unspecified atom stereocenters. The summed E-state index contributed by atoms with van der Waals surface area (Å²) in [5.74, 6) is 0.401. The molecule has 0 fully saturated rings. The van der Waals surface area contributed by atoms with E-state index in [0.29, 0.717) is 17.9 Å². The first-order valence-corrected chi connectivity index (χ1v) is 6.96. The first-order valence-electron chi connectivity index (χ1n) is 6.96. The van der Waals surface area contributed by atoms with Gasteiger partial charge in [0.05, 0.1) is 13.5 Å². The molecule has 0 aliphatic rings. The van der Waals surface area contributed by atoms with Crippen molar-refractivity contribution in [3.63, 3.8) is 0 Å². The lowest BCUT2D eigenvalue weighted by atomic mass is 10.0. The molecular formula is C19H19NO2. The molecule has 2 rings (SSSR count). The van der Waals surface area contributed by atoms with Gasteiger partial charge >= 0.3 is 0 Å². The quantitative estimate of drug-likeness (QED) is 0.651. The summed E-state index contributed by atoms with van der Waals surface area (Å²) in [7, 11) is 1.54. The van der Waals surface area contributed by atoms with Crippen LogP contribution in [-0.2, 0) is 16.0 Å². The zero-order valence-electron chi connectivity index (χ0n) is 12.6. The van der Waals surface area contributed by atoms with E-state index in [0.717, 1.165) is 16.3 Å². The lowest BCUT2D eigenvalue weighted by Gasteiger charge is -2.08. The minimum atomic E-state index is -0.103. The fourth-order valence-corrected chi connectivity index (χ4v) is 2.15. The van der Waals surface area contributed by atoms with Crippen molar-refractivity contribution >= 4 is 16.7 Å². The molecule has 2 aromatic rings. The van der Waals surface area contributed by atoms with Gasteiger partial charge in [-0.3, -0.25) is 4.79 Å². The van der Waals surface area contributed by atoms with Crippen LogP contribution in [0.4, 0.5) is 0 Å². The smallest absolute Gasteiger partial charge is 0.228 e. The van der Waals surface area contributed by atoms with Crippen molar-refractivity contribution in [2.24, 2.45) is 0 Å². The van der Waals surface area contributed by atoms with Crippen LogP contribution < -0.4 is 5.32 Å². The SMILES string of the molecule is C=C(/C=C\C(=C)OC)NC(=O)Cc1cccc2ccccc12. The van der Waals surface area contributed by atoms with Crippen LogP contribution in [0.25, 0.3) is 10.8 Å². The zero-order valence-corrected chi connectivity index (χ0v) is 12.6. The Kier molecular flexibility index (Phi) is 5.15. The maximum Gasteiger partial charge on any atom is 0.228 e. The Hall–Kier alpha value is -2.81. The number of methoxy groups -OCH3 is 1. The van der Waals surface area contributed by atoms with E-state index in [-0.39, 0.29) is 5.91 Å². The van der Waals surface area contributed by atoms with Gasteiger partial charge in [-0.05, 0) is 28.5 Å². The number of rotatable bonds is 6. The number of nitrogens with one attached hydrogen (secondary N) is 1. The van der Waals surface area contributed by atoms with E-state index in [1.54, 1.807) is 12.2 Å². The maximum atomic E-state index is 12.1. The Balaban J connectivity index is 2.04. The molecule has 0 heterocycles. The Bertz CT molecular complexity index is 739. The summed E-state index contributed by atoms with van der Waals surface area (Å²) >= 11 is 0. The van der Waals surface area contributed by atoms with Crippen molar-refractivity contribution in [2.45, 2.75) is 6.42 Å². The van der Waals surface area contributed by atoms with Gasteiger partial charge in [-0.15, -0.1) is 0 Å². The van der Waals surface area contributed by atoms with E-state index < -0.39 is 0 Å². The maximum absolute atomic E-state index is 12.1. The number of amides is 1. The van der Waals surface area contributed by atoms with Crippen molar-refractivity contribution in [3.8, 4) is 0 Å². The third-order valence-electron chi connectivity index (χ3n) is 3.26. The summed E-state index contributed by atoms with van der Waals surface area (Å²) in [4.78, 5) is 12.1. The zero-order chi connectivity index (χ0) is 15.9. The molecule has 1 amide bonds. The van der Waals surface area contributed by atoms with E-state index in [1.807, 2.05) is 42.5 Å². The van der Waals surface area contributed by atoms with Crippen molar-refractivity contribution in [1.29, 1.82) is 0 Å². The van der Waals surface area contributed by atoms with Crippen LogP contribution in [0.2, 0.25) is 0 Å². The van der Waals surface area contributed by atoms with Crippen LogP contribution in [0, 0.1) is 0 Å². The number of benzene rings is 2. The van der Waals surface area contributed by atoms with Crippen LogP contribution in [0.15, 0.2) is 79.2 Å². The molecule has 22 heavy (non-hydrogen) atoms. The van der Waals surface area contributed by atoms with Crippen molar-refractivity contribution in [1.82, 2.24) is 5.32 Å². The van der Waals surface area contributed by atoms with Gasteiger partial charge in [-0.2, -0.15) is 0 Å². The van der Waals surface area contributed by atoms with Crippen LogP contribution >= 0.6 is 0 Å². The number of carbonyl (C=O) groups excluding carboxylic acids is 1. The van der Waals surface area contributed by atoms with E-state index in [2.05, 4.69) is 18.5 Å². The molecular weight excluding hydrogens is 274 g/mol. The first-order chi connectivity index (χ1) is 10.6. The minimum Gasteiger partial charge on any atom is -0.497 e. The summed E-state index contributed by atoms with van der Waals surface area (Å²) in [5, 5.41) is 4.98. The number of carbonyl (C=O) groups is 1. The van der Waals surface area contributed by atoms with Gasteiger partial charge < -0.3 is 10.1 Å². The van der Waals surface area contributed by atoms with E-state index >= 15 is 0 Å². The topological polar surface area (TPSA) is 38.3 Å². The predicted molar refractivity (Wildman–Crippen MR) is 90.2 cm³/mol. The Morgan fingerprint density at radius 2 is 1.86 bits per heavy atom. The monoisotopic (exact) mass is 293 g/mol. The van der Waals surface area contributed by atoms with Crippen LogP contribution in [0.5, 0.6) is 0 Å². The van der Waals surface area contributed by atoms with E-state index in [9.17, 15) is 4.79 Å². The molecule has 0 aromatic heterocycles. The molecule has 0 aliphatic carbocycles. The third-order valence-corrected chi connectivity index (χ3v) is 3.26. The number of fused-ring (bicyclic) bond motifs is 1. The van der Waals surface area contributed by atoms with Crippen molar-refractivity contribution in [2.75, 3.05) is 7.11 Å². The normalized spacial score (nSPS) is 10.6. The highest BCUT2D eigenvalue weighted by molar-refractivity contribution is 5.90. The van der Waals surface area contributed by atoms with Crippen LogP contribution in [-0.4, -0.2) is 13.0 Å². The molecule has 0 aliphatic heterocycles. The van der Waals surface area contributed by atoms with Crippen molar-refractivity contribution in [3.05, 3.63) is 84.8 Å². The van der Waals surface area contributed by atoms with Gasteiger partial charge in [-0.25, -0.2) is 0 Å². The van der Waals surface area contributed by atoms with E-state index in [1.165, 1.54) is 7.11 Å². The van der Waals surface area contributed by atoms with Gasteiger partial charge in [0.15, 0.2) is 0 Å². The van der Waals surface area contributed by atoms with Crippen LogP contribution in [0.3, 0.4) is 0 Å². The number of ether oxygens (including phenoxy) is 1. The average Bonchev–Trinajstić information content (AvgIpc) is 2.53. The first kappa shape index (κ1) is 15.6. The molecule has 112 valence electrons. The van der Waals surface area contributed by atoms with Crippen LogP contribution in [0.1, 0.15) is 5.56 Å². The Labute approximate surface area is 130 Å². The summed E-state index contributed by atoms with van der Waals surface area (Å²) in [5.41, 5.74) is 1.50. The molecule has 1 N–H and O–H groups in total. The summed E-state index contributed by atoms with van der Waals surface area (Å²) in [6.45, 7) is 7.45. The molecule has 3 heteroatoms. The molecule has 2 aromatic carbocycles. The highest BCUT2D eigenvalue weighted by Crippen LogP contribution is 2.18. The third kappa shape index (κ3) is 4.09. The highest BCUT2D eigenvalue weighted by Gasteiger charge is 2.06. The van der Waals surface area contributed by atoms with Gasteiger partial charge in [0.2, 0.25) is 5.91 Å². The molecule has 0 radical (unpaired) electrons. The lowest BCUT2D eigenvalue weighted by Crippen LogP contribution is -2.23. The number of allylic oxidation sites excluding steroid dienone is 2. The molecule has 0 atom stereocenters. The van der Waals surface area contributed by atoms with Gasteiger partial charge in [0.1, 0.15) is 5.76 Å². The molecule has 3 nitrogen and oxygen atoms in total. The Morgan fingerprint density at radius 1 is 1.14 bits per heavy atom. The second kappa shape index (κ2) is 7.27.